The number of aromatic nitrogens is 1. The first-order valence-corrected chi connectivity index (χ1v) is 5.50. The molecule has 1 aromatic rings. The van der Waals surface area contributed by atoms with E-state index < -0.39 is 0 Å². The molecule has 0 amide bonds. The molecule has 78 valence electrons. The van der Waals surface area contributed by atoms with Crippen LogP contribution < -0.4 is 5.32 Å². The first-order valence-electron chi connectivity index (χ1n) is 4.71. The average Bonchev–Trinajstić information content (AvgIpc) is 2.20. The predicted octanol–water partition coefficient (Wildman–Crippen LogP) is 3.08. The van der Waals surface area contributed by atoms with E-state index in [0.29, 0.717) is 6.04 Å². The number of pyridine rings is 1. The van der Waals surface area contributed by atoms with Crippen LogP contribution in [0, 0.1) is 0 Å². The van der Waals surface area contributed by atoms with Crippen LogP contribution in [0.1, 0.15) is 31.0 Å². The first kappa shape index (κ1) is 12.0. The van der Waals surface area contributed by atoms with Gasteiger partial charge in [-0.15, -0.1) is 12.4 Å². The van der Waals surface area contributed by atoms with E-state index in [-0.39, 0.29) is 12.4 Å². The van der Waals surface area contributed by atoms with Crippen LogP contribution in [0.3, 0.4) is 0 Å². The lowest BCUT2D eigenvalue weighted by atomic mass is 10.0. The topological polar surface area (TPSA) is 24.9 Å². The monoisotopic (exact) mass is 276 g/mol. The molecule has 0 aliphatic carbocycles. The molecule has 1 aliphatic rings. The van der Waals surface area contributed by atoms with Crippen LogP contribution in [0.25, 0.3) is 0 Å². The molecule has 0 bridgehead atoms. The van der Waals surface area contributed by atoms with Gasteiger partial charge in [0.1, 0.15) is 0 Å². The lowest BCUT2D eigenvalue weighted by Crippen LogP contribution is -2.27. The molecule has 1 atom stereocenters. The number of hydrogen-bond acceptors (Lipinski definition) is 2. The molecule has 0 unspecified atom stereocenters. The van der Waals surface area contributed by atoms with Crippen molar-refractivity contribution >= 4 is 28.3 Å². The molecule has 1 aliphatic heterocycles. The quantitative estimate of drug-likeness (QED) is 0.853. The van der Waals surface area contributed by atoms with Crippen molar-refractivity contribution in [2.24, 2.45) is 0 Å². The Balaban J connectivity index is 0.000000980. The zero-order valence-corrected chi connectivity index (χ0v) is 10.3. The van der Waals surface area contributed by atoms with Gasteiger partial charge in [0.05, 0.1) is 5.69 Å². The molecule has 0 spiro atoms. The van der Waals surface area contributed by atoms with Crippen molar-refractivity contribution in [3.63, 3.8) is 0 Å². The number of nitrogens with one attached hydrogen (secondary N) is 1. The van der Waals surface area contributed by atoms with Crippen LogP contribution in [-0.4, -0.2) is 11.5 Å². The van der Waals surface area contributed by atoms with Crippen molar-refractivity contribution in [1.82, 2.24) is 10.3 Å². The zero-order valence-electron chi connectivity index (χ0n) is 7.87. The second-order valence-electron chi connectivity index (χ2n) is 3.40. The molecule has 4 heteroatoms. The van der Waals surface area contributed by atoms with Gasteiger partial charge in [-0.2, -0.15) is 0 Å². The van der Waals surface area contributed by atoms with Gasteiger partial charge >= 0.3 is 0 Å². The molecule has 1 N–H and O–H groups in total. The second-order valence-corrected chi connectivity index (χ2v) is 4.32. The van der Waals surface area contributed by atoms with E-state index in [1.54, 1.807) is 0 Å². The molecule has 2 rings (SSSR count). The van der Waals surface area contributed by atoms with Crippen LogP contribution in [-0.2, 0) is 0 Å². The summed E-state index contributed by atoms with van der Waals surface area (Å²) in [6.45, 7) is 1.13. The largest absolute Gasteiger partial charge is 0.309 e. The third-order valence-corrected chi connectivity index (χ3v) is 2.89. The molecule has 1 aromatic heterocycles. The Bertz CT molecular complexity index is 270. The van der Waals surface area contributed by atoms with E-state index in [0.717, 1.165) is 11.0 Å². The lowest BCUT2D eigenvalue weighted by molar-refractivity contribution is 0.405. The summed E-state index contributed by atoms with van der Waals surface area (Å²) < 4.78 is 1.05. The number of hydrogen-bond donors (Lipinski definition) is 1. The van der Waals surface area contributed by atoms with Crippen LogP contribution in [0.5, 0.6) is 0 Å². The van der Waals surface area contributed by atoms with E-state index in [4.69, 9.17) is 0 Å². The lowest BCUT2D eigenvalue weighted by Gasteiger charge is -2.22. The summed E-state index contributed by atoms with van der Waals surface area (Å²) in [7, 11) is 0. The van der Waals surface area contributed by atoms with Gasteiger partial charge in [0.2, 0.25) is 0 Å². The van der Waals surface area contributed by atoms with Crippen molar-refractivity contribution in [3.05, 3.63) is 28.5 Å². The maximum atomic E-state index is 4.39. The van der Waals surface area contributed by atoms with Gasteiger partial charge in [-0.1, -0.05) is 6.42 Å². The Morgan fingerprint density at radius 3 is 2.79 bits per heavy atom. The van der Waals surface area contributed by atoms with Crippen LogP contribution in [0.4, 0.5) is 0 Å². The number of halogens is 2. The molecule has 0 saturated carbocycles. The van der Waals surface area contributed by atoms with Gasteiger partial charge in [0.15, 0.2) is 0 Å². The molecule has 1 fully saturated rings. The van der Waals surface area contributed by atoms with Crippen LogP contribution >= 0.6 is 28.3 Å². The Labute approximate surface area is 99.0 Å². The fourth-order valence-electron chi connectivity index (χ4n) is 1.70. The highest BCUT2D eigenvalue weighted by molar-refractivity contribution is 9.10. The summed E-state index contributed by atoms with van der Waals surface area (Å²) in [5, 5.41) is 3.48. The minimum absolute atomic E-state index is 0. The minimum Gasteiger partial charge on any atom is -0.309 e. The molecule has 0 radical (unpaired) electrons. The van der Waals surface area contributed by atoms with Crippen molar-refractivity contribution in [2.45, 2.75) is 25.3 Å². The fourth-order valence-corrected chi connectivity index (χ4v) is 1.93. The highest BCUT2D eigenvalue weighted by Gasteiger charge is 2.14. The van der Waals surface area contributed by atoms with E-state index in [2.05, 4.69) is 38.4 Å². The molecule has 1 saturated heterocycles. The molecule has 14 heavy (non-hydrogen) atoms. The van der Waals surface area contributed by atoms with Gasteiger partial charge in [-0.25, -0.2) is 0 Å². The summed E-state index contributed by atoms with van der Waals surface area (Å²) in [4.78, 5) is 4.39. The van der Waals surface area contributed by atoms with E-state index in [1.165, 1.54) is 25.0 Å². The van der Waals surface area contributed by atoms with Gasteiger partial charge in [-0.05, 0) is 47.4 Å². The van der Waals surface area contributed by atoms with E-state index >= 15 is 0 Å². The maximum Gasteiger partial charge on any atom is 0.0574 e. The van der Waals surface area contributed by atoms with Crippen LogP contribution in [0.2, 0.25) is 0 Å². The minimum atomic E-state index is 0. The zero-order chi connectivity index (χ0) is 9.10. The number of nitrogens with zero attached hydrogens (tertiary/aromatic N) is 1. The van der Waals surface area contributed by atoms with Crippen molar-refractivity contribution < 1.29 is 0 Å². The highest BCUT2D eigenvalue weighted by Crippen LogP contribution is 2.21. The summed E-state index contributed by atoms with van der Waals surface area (Å²) in [6, 6.07) is 4.62. The number of rotatable bonds is 1. The van der Waals surface area contributed by atoms with Crippen LogP contribution in [0.15, 0.2) is 22.8 Å². The second kappa shape index (κ2) is 5.69. The standard InChI is InChI=1S/C10H13BrN2.ClH/c11-8-4-5-10(13-7-8)9-3-1-2-6-12-9;/h4-5,7,9,12H,1-3,6H2;1H/t9-;/m1./s1. The molecule has 2 nitrogen and oxygen atoms in total. The third-order valence-electron chi connectivity index (χ3n) is 2.42. The Kier molecular flexibility index (Phi) is 4.85. The summed E-state index contributed by atoms with van der Waals surface area (Å²) in [6.07, 6.45) is 5.70. The normalized spacial score (nSPS) is 21.4. The Morgan fingerprint density at radius 1 is 1.36 bits per heavy atom. The molecule has 0 aromatic carbocycles. The van der Waals surface area contributed by atoms with Crippen molar-refractivity contribution in [1.29, 1.82) is 0 Å². The first-order chi connectivity index (χ1) is 6.36. The average molecular weight is 278 g/mol. The Hall–Kier alpha value is -0.120. The fraction of sp³-hybridized carbons (Fsp3) is 0.500. The predicted molar refractivity (Wildman–Crippen MR) is 63.8 cm³/mol. The summed E-state index contributed by atoms with van der Waals surface area (Å²) in [5.41, 5.74) is 1.17. The van der Waals surface area contributed by atoms with Crippen molar-refractivity contribution in [2.75, 3.05) is 6.54 Å². The Morgan fingerprint density at radius 2 is 2.21 bits per heavy atom. The van der Waals surface area contributed by atoms with E-state index in [1.807, 2.05) is 6.20 Å². The van der Waals surface area contributed by atoms with Gasteiger partial charge in [0, 0.05) is 16.7 Å². The smallest absolute Gasteiger partial charge is 0.0574 e. The van der Waals surface area contributed by atoms with Gasteiger partial charge in [0.25, 0.3) is 0 Å². The molecular formula is C10H14BrClN2. The van der Waals surface area contributed by atoms with Gasteiger partial charge in [-0.3, -0.25) is 4.98 Å². The molecule has 2 heterocycles. The SMILES string of the molecule is Brc1ccc([C@H]2CCCCN2)nc1.Cl. The maximum absolute atomic E-state index is 4.39. The molecular weight excluding hydrogens is 263 g/mol. The van der Waals surface area contributed by atoms with Gasteiger partial charge < -0.3 is 5.32 Å². The highest BCUT2D eigenvalue weighted by atomic mass is 79.9. The third kappa shape index (κ3) is 2.94. The van der Waals surface area contributed by atoms with Crippen molar-refractivity contribution in [3.8, 4) is 0 Å². The van der Waals surface area contributed by atoms with E-state index in [9.17, 15) is 0 Å². The summed E-state index contributed by atoms with van der Waals surface area (Å²) in [5.74, 6) is 0. The summed E-state index contributed by atoms with van der Waals surface area (Å²) >= 11 is 3.39. The number of piperidine rings is 1.